The molecule has 0 aliphatic carbocycles. The third-order valence-corrected chi connectivity index (χ3v) is 2.68. The first-order chi connectivity index (χ1) is 3.12. The van der Waals surface area contributed by atoms with E-state index in [1.165, 1.54) is 0 Å². The summed E-state index contributed by atoms with van der Waals surface area (Å²) in [5.74, 6) is 0.629. The van der Waals surface area contributed by atoms with Crippen LogP contribution in [-0.2, 0) is 0 Å². The molecule has 0 aliphatic heterocycles. The molecular formula is C3H4Cl3Si. The average molecular weight is 175 g/mol. The lowest BCUT2D eigenvalue weighted by molar-refractivity contribution is 1.01. The minimum Gasteiger partial charge on any atom is -0.125 e. The Morgan fingerprint density at radius 3 is 1.57 bits per heavy atom. The quantitative estimate of drug-likeness (QED) is 0.440. The maximum atomic E-state index is 5.55. The number of hydrogen-bond acceptors (Lipinski definition) is 0. The normalized spacial score (nSPS) is 12.0. The van der Waals surface area contributed by atoms with Crippen LogP contribution in [0.4, 0.5) is 0 Å². The second kappa shape index (κ2) is 3.18. The van der Waals surface area contributed by atoms with Crippen LogP contribution >= 0.6 is 34.8 Å². The third kappa shape index (κ3) is 3.65. The second-order valence-corrected chi connectivity index (χ2v) is 3.76. The molecule has 3 radical (unpaired) electrons. The van der Waals surface area contributed by atoms with Crippen molar-refractivity contribution in [2.75, 3.05) is 11.8 Å². The lowest BCUT2D eigenvalue weighted by Crippen LogP contribution is -2.25. The lowest BCUT2D eigenvalue weighted by Gasteiger charge is -2.11. The SMILES string of the molecule is [Si]C(Cl)(CCl)CCl. The van der Waals surface area contributed by atoms with Crippen LogP contribution in [0.15, 0.2) is 0 Å². The summed E-state index contributed by atoms with van der Waals surface area (Å²) in [7, 11) is 3.13. The Bertz CT molecular complexity index is 48.1. The summed E-state index contributed by atoms with van der Waals surface area (Å²) >= 11 is 16.2. The Kier molecular flexibility index (Phi) is 3.67. The van der Waals surface area contributed by atoms with E-state index in [4.69, 9.17) is 34.8 Å². The Morgan fingerprint density at radius 2 is 1.57 bits per heavy atom. The Morgan fingerprint density at radius 1 is 1.29 bits per heavy atom. The van der Waals surface area contributed by atoms with E-state index in [1.807, 2.05) is 0 Å². The molecule has 4 heteroatoms. The van der Waals surface area contributed by atoms with Crippen LogP contribution in [0.25, 0.3) is 0 Å². The zero-order valence-electron chi connectivity index (χ0n) is 3.55. The molecular weight excluding hydrogens is 170 g/mol. The molecule has 7 heavy (non-hydrogen) atoms. The molecule has 0 unspecified atom stereocenters. The largest absolute Gasteiger partial charge is 0.125 e. The van der Waals surface area contributed by atoms with Crippen LogP contribution in [0.2, 0.25) is 0 Å². The second-order valence-electron chi connectivity index (χ2n) is 1.23. The van der Waals surface area contributed by atoms with Crippen molar-refractivity contribution in [2.45, 2.75) is 4.50 Å². The first kappa shape index (κ1) is 8.09. The molecule has 0 fully saturated rings. The first-order valence-corrected chi connectivity index (χ1v) is 3.63. The van der Waals surface area contributed by atoms with Crippen LogP contribution in [0.5, 0.6) is 0 Å². The van der Waals surface area contributed by atoms with Gasteiger partial charge in [-0.3, -0.25) is 0 Å². The molecule has 0 amide bonds. The van der Waals surface area contributed by atoms with Crippen LogP contribution in [0.1, 0.15) is 0 Å². The van der Waals surface area contributed by atoms with E-state index >= 15 is 0 Å². The van der Waals surface area contributed by atoms with Gasteiger partial charge in [0.25, 0.3) is 0 Å². The predicted molar refractivity (Wildman–Crippen MR) is 35.8 cm³/mol. The highest BCUT2D eigenvalue weighted by Gasteiger charge is 2.16. The van der Waals surface area contributed by atoms with E-state index in [2.05, 4.69) is 10.2 Å². The van der Waals surface area contributed by atoms with Gasteiger partial charge in [0.1, 0.15) is 0 Å². The summed E-state index contributed by atoms with van der Waals surface area (Å²) in [5.41, 5.74) is 0. The number of hydrogen-bond donors (Lipinski definition) is 0. The van der Waals surface area contributed by atoms with E-state index < -0.39 is 4.50 Å². The fourth-order valence-corrected chi connectivity index (χ4v) is 0.321. The molecule has 0 rings (SSSR count). The maximum Gasteiger partial charge on any atom is 0.0568 e. The summed E-state index contributed by atoms with van der Waals surface area (Å²) < 4.78 is -0.608. The molecule has 0 aliphatic rings. The smallest absolute Gasteiger partial charge is 0.0568 e. The van der Waals surface area contributed by atoms with Gasteiger partial charge in [0.05, 0.1) is 14.7 Å². The first-order valence-electron chi connectivity index (χ1n) is 1.68. The molecule has 0 aromatic heterocycles. The highest BCUT2D eigenvalue weighted by atomic mass is 35.5. The lowest BCUT2D eigenvalue weighted by atomic mass is 10.5. The van der Waals surface area contributed by atoms with Crippen LogP contribution < -0.4 is 0 Å². The van der Waals surface area contributed by atoms with Gasteiger partial charge in [-0.2, -0.15) is 0 Å². The van der Waals surface area contributed by atoms with Crippen molar-refractivity contribution >= 4 is 45.0 Å². The number of alkyl halides is 3. The zero-order chi connectivity index (χ0) is 5.91. The number of halogens is 3. The van der Waals surface area contributed by atoms with Crippen molar-refractivity contribution in [1.82, 2.24) is 0 Å². The molecule has 0 nitrogen and oxygen atoms in total. The Hall–Kier alpha value is 1.09. The van der Waals surface area contributed by atoms with Crippen molar-refractivity contribution < 1.29 is 0 Å². The van der Waals surface area contributed by atoms with E-state index in [1.54, 1.807) is 0 Å². The van der Waals surface area contributed by atoms with Gasteiger partial charge in [0.15, 0.2) is 0 Å². The van der Waals surface area contributed by atoms with Gasteiger partial charge >= 0.3 is 0 Å². The topological polar surface area (TPSA) is 0 Å². The van der Waals surface area contributed by atoms with Gasteiger partial charge in [-0.25, -0.2) is 0 Å². The minimum absolute atomic E-state index is 0.314. The Balaban J connectivity index is 3.36. The van der Waals surface area contributed by atoms with Crippen molar-refractivity contribution in [3.05, 3.63) is 0 Å². The maximum absolute atomic E-state index is 5.55. The number of rotatable bonds is 2. The van der Waals surface area contributed by atoms with Gasteiger partial charge in [-0.1, -0.05) is 0 Å². The van der Waals surface area contributed by atoms with E-state index in [-0.39, 0.29) is 0 Å². The summed E-state index contributed by atoms with van der Waals surface area (Å²) in [6, 6.07) is 0. The standard InChI is InChI=1S/C3H4Cl3Si/c4-1-3(6,7)2-5/h1-2H2. The van der Waals surface area contributed by atoms with Gasteiger partial charge in [-0.05, 0) is 0 Å². The molecule has 0 saturated heterocycles. The fourth-order valence-electron chi connectivity index (χ4n) is 0.0357. The van der Waals surface area contributed by atoms with Gasteiger partial charge in [0.2, 0.25) is 0 Å². The molecule has 0 bridgehead atoms. The molecule has 0 spiro atoms. The average Bonchev–Trinajstić information content (AvgIpc) is 1.68. The summed E-state index contributed by atoms with van der Waals surface area (Å²) in [6.07, 6.45) is 0. The molecule has 0 atom stereocenters. The van der Waals surface area contributed by atoms with E-state index in [0.717, 1.165) is 0 Å². The monoisotopic (exact) mass is 173 g/mol. The van der Waals surface area contributed by atoms with Crippen LogP contribution in [0, 0.1) is 0 Å². The van der Waals surface area contributed by atoms with Gasteiger partial charge in [-0.15, -0.1) is 34.8 Å². The van der Waals surface area contributed by atoms with Crippen molar-refractivity contribution in [3.8, 4) is 0 Å². The predicted octanol–water partition coefficient (Wildman–Crippen LogP) is 1.57. The molecule has 0 heterocycles. The summed E-state index contributed by atoms with van der Waals surface area (Å²) in [4.78, 5) is 0. The molecule has 0 saturated carbocycles. The Labute approximate surface area is 61.5 Å². The van der Waals surface area contributed by atoms with Gasteiger partial charge in [0, 0.05) is 11.8 Å². The third-order valence-electron chi connectivity index (χ3n) is 0.424. The van der Waals surface area contributed by atoms with E-state index in [9.17, 15) is 0 Å². The summed E-state index contributed by atoms with van der Waals surface area (Å²) in [6.45, 7) is 0. The summed E-state index contributed by atoms with van der Waals surface area (Å²) in [5, 5.41) is 0. The highest BCUT2D eigenvalue weighted by molar-refractivity contribution is 6.51. The molecule has 0 N–H and O–H groups in total. The highest BCUT2D eigenvalue weighted by Crippen LogP contribution is 2.13. The van der Waals surface area contributed by atoms with Crippen LogP contribution in [0.3, 0.4) is 0 Å². The zero-order valence-corrected chi connectivity index (χ0v) is 6.82. The van der Waals surface area contributed by atoms with E-state index in [0.29, 0.717) is 11.8 Å². The van der Waals surface area contributed by atoms with Crippen LogP contribution in [-0.4, -0.2) is 26.5 Å². The van der Waals surface area contributed by atoms with Crippen molar-refractivity contribution in [3.63, 3.8) is 0 Å². The minimum atomic E-state index is -0.608. The fraction of sp³-hybridized carbons (Fsp3) is 1.00. The molecule has 0 aromatic carbocycles. The molecule has 0 aromatic rings. The van der Waals surface area contributed by atoms with Gasteiger partial charge < -0.3 is 0 Å². The molecule has 41 valence electrons. The van der Waals surface area contributed by atoms with Crippen molar-refractivity contribution in [1.29, 1.82) is 0 Å². The van der Waals surface area contributed by atoms with Crippen molar-refractivity contribution in [2.24, 2.45) is 0 Å².